The number of rotatable bonds is 5. The zero-order chi connectivity index (χ0) is 12.1. The lowest BCUT2D eigenvalue weighted by Gasteiger charge is -2.18. The Labute approximate surface area is 102 Å². The molecule has 1 saturated heterocycles. The van der Waals surface area contributed by atoms with Crippen molar-refractivity contribution in [2.45, 2.75) is 51.0 Å². The van der Waals surface area contributed by atoms with Crippen LogP contribution in [-0.2, 0) is 4.74 Å². The van der Waals surface area contributed by atoms with E-state index in [1.54, 1.807) is 0 Å². The summed E-state index contributed by atoms with van der Waals surface area (Å²) >= 11 is 0. The predicted octanol–water partition coefficient (Wildman–Crippen LogP) is 2.15. The Hall–Kier alpha value is -0.940. The van der Waals surface area contributed by atoms with Crippen LogP contribution in [-0.4, -0.2) is 23.4 Å². The first-order valence-corrected chi connectivity index (χ1v) is 6.48. The van der Waals surface area contributed by atoms with Crippen LogP contribution >= 0.6 is 0 Å². The average molecular weight is 239 g/mol. The summed E-state index contributed by atoms with van der Waals surface area (Å²) in [5.74, 6) is 1.60. The van der Waals surface area contributed by atoms with E-state index in [9.17, 15) is 0 Å². The lowest BCUT2D eigenvalue weighted by Crippen LogP contribution is -2.17. The minimum Gasteiger partial charge on any atom is -0.381 e. The molecule has 2 heterocycles. The van der Waals surface area contributed by atoms with Gasteiger partial charge in [-0.2, -0.15) is 4.98 Å². The highest BCUT2D eigenvalue weighted by Crippen LogP contribution is 2.24. The molecule has 2 N–H and O–H groups in total. The Balaban J connectivity index is 1.94. The second kappa shape index (κ2) is 6.12. The highest BCUT2D eigenvalue weighted by atomic mass is 16.5. The maximum atomic E-state index is 6.00. The van der Waals surface area contributed by atoms with E-state index in [0.29, 0.717) is 12.5 Å². The van der Waals surface area contributed by atoms with Crippen LogP contribution in [0.15, 0.2) is 4.52 Å². The molecule has 5 nitrogen and oxygen atoms in total. The molecule has 2 atom stereocenters. The van der Waals surface area contributed by atoms with Gasteiger partial charge in [-0.3, -0.25) is 0 Å². The maximum absolute atomic E-state index is 6.00. The number of unbranched alkanes of at least 4 members (excludes halogenated alkanes) is 1. The fourth-order valence-corrected chi connectivity index (χ4v) is 2.06. The molecular weight excluding hydrogens is 218 g/mol. The van der Waals surface area contributed by atoms with Crippen LogP contribution in [0.25, 0.3) is 0 Å². The van der Waals surface area contributed by atoms with Crippen molar-refractivity contribution in [2.24, 2.45) is 5.73 Å². The van der Waals surface area contributed by atoms with Crippen molar-refractivity contribution in [1.29, 1.82) is 0 Å². The highest BCUT2D eigenvalue weighted by Gasteiger charge is 2.23. The van der Waals surface area contributed by atoms with Crippen molar-refractivity contribution in [3.05, 3.63) is 11.7 Å². The number of hydrogen-bond acceptors (Lipinski definition) is 5. The van der Waals surface area contributed by atoms with E-state index < -0.39 is 0 Å². The zero-order valence-electron chi connectivity index (χ0n) is 10.4. The van der Waals surface area contributed by atoms with E-state index in [1.807, 2.05) is 0 Å². The van der Waals surface area contributed by atoms with Crippen LogP contribution in [0, 0.1) is 0 Å². The van der Waals surface area contributed by atoms with Crippen LogP contribution in [0.5, 0.6) is 0 Å². The van der Waals surface area contributed by atoms with Crippen molar-refractivity contribution >= 4 is 0 Å². The van der Waals surface area contributed by atoms with Crippen molar-refractivity contribution < 1.29 is 9.26 Å². The van der Waals surface area contributed by atoms with Crippen LogP contribution in [0.3, 0.4) is 0 Å². The Morgan fingerprint density at radius 2 is 2.41 bits per heavy atom. The maximum Gasteiger partial charge on any atom is 0.243 e. The quantitative estimate of drug-likeness (QED) is 0.852. The van der Waals surface area contributed by atoms with Gasteiger partial charge >= 0.3 is 0 Å². The molecule has 0 bridgehead atoms. The third-order valence-electron chi connectivity index (χ3n) is 3.17. The number of nitrogens with two attached hydrogens (primary N) is 1. The molecule has 0 amide bonds. The summed E-state index contributed by atoms with van der Waals surface area (Å²) in [6.45, 7) is 3.69. The van der Waals surface area contributed by atoms with E-state index in [2.05, 4.69) is 17.1 Å². The normalized spacial score (nSPS) is 22.6. The molecule has 96 valence electrons. The Morgan fingerprint density at radius 3 is 3.12 bits per heavy atom. The molecule has 0 saturated carbocycles. The topological polar surface area (TPSA) is 74.2 Å². The number of aromatic nitrogens is 2. The monoisotopic (exact) mass is 239 g/mol. The summed E-state index contributed by atoms with van der Waals surface area (Å²) in [4.78, 5) is 4.40. The number of nitrogens with zero attached hydrogens (tertiary/aromatic N) is 2. The molecule has 1 aliphatic heterocycles. The van der Waals surface area contributed by atoms with Gasteiger partial charge in [0.1, 0.15) is 0 Å². The molecule has 17 heavy (non-hydrogen) atoms. The first kappa shape index (κ1) is 12.5. The first-order valence-electron chi connectivity index (χ1n) is 6.48. The van der Waals surface area contributed by atoms with Crippen LogP contribution in [0.4, 0.5) is 0 Å². The largest absolute Gasteiger partial charge is 0.381 e. The van der Waals surface area contributed by atoms with Gasteiger partial charge in [0.25, 0.3) is 0 Å². The number of hydrogen-bond donors (Lipinski definition) is 1. The first-order chi connectivity index (χ1) is 8.31. The van der Waals surface area contributed by atoms with Gasteiger partial charge in [0, 0.05) is 12.5 Å². The third-order valence-corrected chi connectivity index (χ3v) is 3.17. The summed E-state index contributed by atoms with van der Waals surface area (Å²) < 4.78 is 10.7. The predicted molar refractivity (Wildman–Crippen MR) is 63.5 cm³/mol. The minimum absolute atomic E-state index is 0.124. The Kier molecular flexibility index (Phi) is 4.50. The summed E-state index contributed by atoms with van der Waals surface area (Å²) in [5, 5.41) is 4.02. The van der Waals surface area contributed by atoms with Crippen molar-refractivity contribution in [3.8, 4) is 0 Å². The summed E-state index contributed by atoms with van der Waals surface area (Å²) in [5.41, 5.74) is 6.00. The van der Waals surface area contributed by atoms with E-state index in [0.717, 1.165) is 44.5 Å². The highest BCUT2D eigenvalue weighted by molar-refractivity contribution is 4.99. The average Bonchev–Trinajstić information content (AvgIpc) is 2.86. The molecule has 2 rings (SSSR count). The van der Waals surface area contributed by atoms with Gasteiger partial charge in [0.2, 0.25) is 5.89 Å². The summed E-state index contributed by atoms with van der Waals surface area (Å²) in [6, 6.07) is -0.124. The molecule has 1 aromatic heterocycles. The molecule has 1 unspecified atom stereocenters. The molecule has 1 aliphatic rings. The smallest absolute Gasteiger partial charge is 0.243 e. The van der Waals surface area contributed by atoms with Gasteiger partial charge in [-0.1, -0.05) is 24.9 Å². The van der Waals surface area contributed by atoms with E-state index >= 15 is 0 Å². The SMILES string of the molecule is CCCC[C@H](N)c1nc(C2CCCOC2)no1. The van der Waals surface area contributed by atoms with Crippen molar-refractivity contribution in [1.82, 2.24) is 10.1 Å². The standard InChI is InChI=1S/C12H21N3O2/c1-2-3-6-10(13)12-14-11(15-17-12)9-5-4-7-16-8-9/h9-10H,2-8,13H2,1H3/t9?,10-/m0/s1. The molecule has 0 aliphatic carbocycles. The van der Waals surface area contributed by atoms with Gasteiger partial charge in [0.05, 0.1) is 12.6 Å². The number of ether oxygens (including phenoxy) is 1. The van der Waals surface area contributed by atoms with E-state index in [1.165, 1.54) is 0 Å². The van der Waals surface area contributed by atoms with Gasteiger partial charge < -0.3 is 15.0 Å². The molecule has 0 aromatic carbocycles. The molecule has 5 heteroatoms. The van der Waals surface area contributed by atoms with Crippen LogP contribution < -0.4 is 5.73 Å². The molecule has 0 radical (unpaired) electrons. The van der Waals surface area contributed by atoms with Gasteiger partial charge in [-0.05, 0) is 19.3 Å². The van der Waals surface area contributed by atoms with Crippen LogP contribution in [0.1, 0.15) is 62.7 Å². The van der Waals surface area contributed by atoms with Crippen molar-refractivity contribution in [3.63, 3.8) is 0 Å². The van der Waals surface area contributed by atoms with Gasteiger partial charge in [-0.15, -0.1) is 0 Å². The third kappa shape index (κ3) is 3.26. The van der Waals surface area contributed by atoms with Gasteiger partial charge in [-0.25, -0.2) is 0 Å². The zero-order valence-corrected chi connectivity index (χ0v) is 10.4. The van der Waals surface area contributed by atoms with Gasteiger partial charge in [0.15, 0.2) is 5.82 Å². The van der Waals surface area contributed by atoms with Crippen molar-refractivity contribution in [2.75, 3.05) is 13.2 Å². The molecule has 1 aromatic rings. The molecule has 0 spiro atoms. The lowest BCUT2D eigenvalue weighted by molar-refractivity contribution is 0.0773. The lowest BCUT2D eigenvalue weighted by atomic mass is 10.0. The Morgan fingerprint density at radius 1 is 1.53 bits per heavy atom. The minimum atomic E-state index is -0.124. The van der Waals surface area contributed by atoms with Crippen LogP contribution in [0.2, 0.25) is 0 Å². The second-order valence-corrected chi connectivity index (χ2v) is 4.65. The summed E-state index contributed by atoms with van der Waals surface area (Å²) in [6.07, 6.45) is 5.26. The van der Waals surface area contributed by atoms with E-state index in [-0.39, 0.29) is 12.0 Å². The fourth-order valence-electron chi connectivity index (χ4n) is 2.06. The second-order valence-electron chi connectivity index (χ2n) is 4.65. The fraction of sp³-hybridized carbons (Fsp3) is 0.833. The molecular formula is C12H21N3O2. The molecule has 1 fully saturated rings. The summed E-state index contributed by atoms with van der Waals surface area (Å²) in [7, 11) is 0. The Bertz CT molecular complexity index is 334. The van der Waals surface area contributed by atoms with E-state index in [4.69, 9.17) is 15.0 Å².